The molecule has 0 saturated heterocycles. The minimum absolute atomic E-state index is 0.00553. The van der Waals surface area contributed by atoms with Crippen LogP contribution in [0.5, 0.6) is 5.75 Å². The van der Waals surface area contributed by atoms with Crippen molar-refractivity contribution in [3.8, 4) is 5.75 Å². The van der Waals surface area contributed by atoms with Crippen LogP contribution in [-0.4, -0.2) is 29.9 Å². The molecule has 1 aromatic carbocycles. The highest BCUT2D eigenvalue weighted by Crippen LogP contribution is 2.25. The summed E-state index contributed by atoms with van der Waals surface area (Å²) in [6, 6.07) is 3.78. The SMILES string of the molecule is Cc1cc(OCC(O)CNC(C)(C)C)cc(C)c1Cl. The Hall–Kier alpha value is -0.770. The zero-order valence-electron chi connectivity index (χ0n) is 12.4. The molecule has 1 rings (SSSR count). The van der Waals surface area contributed by atoms with E-state index in [9.17, 15) is 5.11 Å². The van der Waals surface area contributed by atoms with Gasteiger partial charge in [0.1, 0.15) is 18.5 Å². The fraction of sp³-hybridized carbons (Fsp3) is 0.600. The van der Waals surface area contributed by atoms with Gasteiger partial charge in [-0.05, 0) is 57.9 Å². The summed E-state index contributed by atoms with van der Waals surface area (Å²) >= 11 is 6.10. The molecule has 0 fully saturated rings. The molecule has 2 N–H and O–H groups in total. The number of aryl methyl sites for hydroxylation is 2. The summed E-state index contributed by atoms with van der Waals surface area (Å²) in [6.45, 7) is 10.9. The smallest absolute Gasteiger partial charge is 0.120 e. The van der Waals surface area contributed by atoms with E-state index in [4.69, 9.17) is 16.3 Å². The van der Waals surface area contributed by atoms with Gasteiger partial charge in [0, 0.05) is 17.1 Å². The Morgan fingerprint density at radius 2 is 1.79 bits per heavy atom. The van der Waals surface area contributed by atoms with Crippen LogP contribution in [0.25, 0.3) is 0 Å². The normalized spacial score (nSPS) is 13.4. The summed E-state index contributed by atoms with van der Waals surface area (Å²) < 4.78 is 5.60. The van der Waals surface area contributed by atoms with Gasteiger partial charge in [-0.3, -0.25) is 0 Å². The van der Waals surface area contributed by atoms with Gasteiger partial charge in [-0.25, -0.2) is 0 Å². The van der Waals surface area contributed by atoms with Crippen molar-refractivity contribution in [1.82, 2.24) is 5.32 Å². The van der Waals surface area contributed by atoms with Crippen molar-refractivity contribution in [2.24, 2.45) is 0 Å². The fourth-order valence-corrected chi connectivity index (χ4v) is 1.77. The minimum Gasteiger partial charge on any atom is -0.491 e. The topological polar surface area (TPSA) is 41.5 Å². The highest BCUT2D eigenvalue weighted by Gasteiger charge is 2.13. The van der Waals surface area contributed by atoms with Crippen LogP contribution in [0.3, 0.4) is 0 Å². The van der Waals surface area contributed by atoms with E-state index >= 15 is 0 Å². The first-order chi connectivity index (χ1) is 8.69. The molecule has 0 aliphatic heterocycles. The summed E-state index contributed by atoms with van der Waals surface area (Å²) in [6.07, 6.45) is -0.532. The molecule has 0 aliphatic carbocycles. The molecule has 108 valence electrons. The quantitative estimate of drug-likeness (QED) is 0.873. The maximum atomic E-state index is 9.85. The summed E-state index contributed by atoms with van der Waals surface area (Å²) in [5.41, 5.74) is 1.96. The molecule has 4 heteroatoms. The number of halogens is 1. The van der Waals surface area contributed by atoms with Crippen LogP contribution in [0.1, 0.15) is 31.9 Å². The molecule has 0 radical (unpaired) electrons. The van der Waals surface area contributed by atoms with E-state index in [-0.39, 0.29) is 12.1 Å². The third-order valence-corrected chi connectivity index (χ3v) is 3.32. The van der Waals surface area contributed by atoms with Crippen LogP contribution < -0.4 is 10.1 Å². The van der Waals surface area contributed by atoms with Gasteiger partial charge in [0.15, 0.2) is 0 Å². The number of hydrogen-bond donors (Lipinski definition) is 2. The Balaban J connectivity index is 2.48. The molecular weight excluding hydrogens is 262 g/mol. The van der Waals surface area contributed by atoms with Crippen LogP contribution in [0.15, 0.2) is 12.1 Å². The van der Waals surface area contributed by atoms with E-state index in [1.807, 2.05) is 26.0 Å². The molecule has 0 amide bonds. The lowest BCUT2D eigenvalue weighted by molar-refractivity contribution is 0.1000. The van der Waals surface area contributed by atoms with Gasteiger partial charge in [0.25, 0.3) is 0 Å². The Kier molecular flexibility index (Phi) is 5.65. The van der Waals surface area contributed by atoms with Crippen molar-refractivity contribution in [2.45, 2.75) is 46.3 Å². The number of ether oxygens (including phenoxy) is 1. The van der Waals surface area contributed by atoms with Crippen molar-refractivity contribution in [1.29, 1.82) is 0 Å². The molecule has 1 atom stereocenters. The number of nitrogens with one attached hydrogen (secondary N) is 1. The van der Waals surface area contributed by atoms with Crippen LogP contribution in [0.4, 0.5) is 0 Å². The second-order valence-corrected chi connectivity index (χ2v) is 6.34. The molecule has 0 bridgehead atoms. The van der Waals surface area contributed by atoms with Crippen molar-refractivity contribution < 1.29 is 9.84 Å². The second kappa shape index (κ2) is 6.60. The number of hydrogen-bond acceptors (Lipinski definition) is 3. The van der Waals surface area contributed by atoms with E-state index in [0.29, 0.717) is 6.54 Å². The molecular formula is C15H24ClNO2. The largest absolute Gasteiger partial charge is 0.491 e. The Morgan fingerprint density at radius 1 is 1.26 bits per heavy atom. The number of aliphatic hydroxyl groups excluding tert-OH is 1. The van der Waals surface area contributed by atoms with Gasteiger partial charge in [-0.2, -0.15) is 0 Å². The number of benzene rings is 1. The van der Waals surface area contributed by atoms with Gasteiger partial charge < -0.3 is 15.2 Å². The molecule has 19 heavy (non-hydrogen) atoms. The van der Waals surface area contributed by atoms with Gasteiger partial charge in [-0.15, -0.1) is 0 Å². The lowest BCUT2D eigenvalue weighted by Crippen LogP contribution is -2.42. The first-order valence-corrected chi connectivity index (χ1v) is 6.89. The van der Waals surface area contributed by atoms with Gasteiger partial charge in [0.05, 0.1) is 0 Å². The standard InChI is InChI=1S/C15H24ClNO2/c1-10-6-13(7-11(2)14(10)16)19-9-12(18)8-17-15(3,4)5/h6-7,12,17-18H,8-9H2,1-5H3. The molecule has 0 spiro atoms. The van der Waals surface area contributed by atoms with E-state index in [1.54, 1.807) is 0 Å². The number of aliphatic hydroxyl groups is 1. The fourth-order valence-electron chi connectivity index (χ4n) is 1.66. The third kappa shape index (κ3) is 5.81. The van der Waals surface area contributed by atoms with Gasteiger partial charge in [-0.1, -0.05) is 11.6 Å². The molecule has 1 aromatic rings. The van der Waals surface area contributed by atoms with E-state index in [2.05, 4.69) is 26.1 Å². The molecule has 0 aromatic heterocycles. The molecule has 1 unspecified atom stereocenters. The monoisotopic (exact) mass is 285 g/mol. The summed E-state index contributed by atoms with van der Waals surface area (Å²) in [5.74, 6) is 0.745. The number of rotatable bonds is 5. The van der Waals surface area contributed by atoms with Crippen molar-refractivity contribution in [3.63, 3.8) is 0 Å². The van der Waals surface area contributed by atoms with E-state index < -0.39 is 6.10 Å². The van der Waals surface area contributed by atoms with Gasteiger partial charge in [0.2, 0.25) is 0 Å². The highest BCUT2D eigenvalue weighted by atomic mass is 35.5. The van der Waals surface area contributed by atoms with Crippen molar-refractivity contribution in [2.75, 3.05) is 13.2 Å². The summed E-state index contributed by atoms with van der Waals surface area (Å²) in [7, 11) is 0. The maximum Gasteiger partial charge on any atom is 0.120 e. The molecule has 0 aliphatic rings. The van der Waals surface area contributed by atoms with Crippen LogP contribution >= 0.6 is 11.6 Å². The third-order valence-electron chi connectivity index (χ3n) is 2.72. The predicted octanol–water partition coefficient (Wildman–Crippen LogP) is 3.08. The average Bonchev–Trinajstić information content (AvgIpc) is 2.29. The minimum atomic E-state index is -0.532. The lowest BCUT2D eigenvalue weighted by Gasteiger charge is -2.23. The van der Waals surface area contributed by atoms with Crippen LogP contribution in [-0.2, 0) is 0 Å². The van der Waals surface area contributed by atoms with Crippen molar-refractivity contribution >= 4 is 11.6 Å². The second-order valence-electron chi connectivity index (χ2n) is 5.97. The highest BCUT2D eigenvalue weighted by molar-refractivity contribution is 6.32. The van der Waals surface area contributed by atoms with Crippen LogP contribution in [0.2, 0.25) is 5.02 Å². The summed E-state index contributed by atoms with van der Waals surface area (Å²) in [5, 5.41) is 13.9. The van der Waals surface area contributed by atoms with Crippen molar-refractivity contribution in [3.05, 3.63) is 28.3 Å². The summed E-state index contributed by atoms with van der Waals surface area (Å²) in [4.78, 5) is 0. The zero-order valence-corrected chi connectivity index (χ0v) is 13.1. The van der Waals surface area contributed by atoms with E-state index in [1.165, 1.54) is 0 Å². The average molecular weight is 286 g/mol. The predicted molar refractivity (Wildman–Crippen MR) is 80.2 cm³/mol. The van der Waals surface area contributed by atoms with E-state index in [0.717, 1.165) is 21.9 Å². The lowest BCUT2D eigenvalue weighted by atomic mass is 10.1. The zero-order chi connectivity index (χ0) is 14.6. The Bertz CT molecular complexity index is 404. The maximum absolute atomic E-state index is 9.85. The first kappa shape index (κ1) is 16.3. The Morgan fingerprint density at radius 3 is 2.26 bits per heavy atom. The van der Waals surface area contributed by atoms with Gasteiger partial charge >= 0.3 is 0 Å². The first-order valence-electron chi connectivity index (χ1n) is 6.51. The Labute approximate surface area is 120 Å². The molecule has 3 nitrogen and oxygen atoms in total. The molecule has 0 saturated carbocycles. The van der Waals surface area contributed by atoms with Crippen LogP contribution in [0, 0.1) is 13.8 Å². The number of β-amino-alcohol motifs (C(OH)–C–C–N with tert-alkyl or cyclic N) is 1. The molecule has 0 heterocycles.